The third kappa shape index (κ3) is 28.3. The van der Waals surface area contributed by atoms with Crippen LogP contribution in [0.3, 0.4) is 0 Å². The van der Waals surface area contributed by atoms with Crippen molar-refractivity contribution in [1.29, 1.82) is 0 Å². The SMILES string of the molecule is CCCCCCCCCCNC(=O)CCCC#CC#CCCCC(=O)NCCCCCCCCCC. The van der Waals surface area contributed by atoms with Gasteiger partial charge in [-0.3, -0.25) is 9.59 Å². The van der Waals surface area contributed by atoms with Gasteiger partial charge in [0.1, 0.15) is 0 Å². The molecule has 0 fully saturated rings. The summed E-state index contributed by atoms with van der Waals surface area (Å²) in [6.45, 7) is 6.08. The van der Waals surface area contributed by atoms with E-state index in [1.807, 2.05) is 0 Å². The van der Waals surface area contributed by atoms with E-state index in [0.29, 0.717) is 25.7 Å². The van der Waals surface area contributed by atoms with Crippen LogP contribution >= 0.6 is 0 Å². The lowest BCUT2D eigenvalue weighted by atomic mass is 10.1. The van der Waals surface area contributed by atoms with Gasteiger partial charge in [-0.15, -0.1) is 0 Å². The van der Waals surface area contributed by atoms with Crippen molar-refractivity contribution < 1.29 is 9.59 Å². The summed E-state index contributed by atoms with van der Waals surface area (Å²) in [5, 5.41) is 6.02. The van der Waals surface area contributed by atoms with Gasteiger partial charge < -0.3 is 10.6 Å². The molecule has 0 aliphatic rings. The fourth-order valence-corrected chi connectivity index (χ4v) is 4.04. The zero-order valence-corrected chi connectivity index (χ0v) is 23.8. The van der Waals surface area contributed by atoms with Gasteiger partial charge in [0, 0.05) is 38.8 Å². The Balaban J connectivity index is 3.46. The summed E-state index contributed by atoms with van der Waals surface area (Å²) in [6, 6.07) is 0. The van der Waals surface area contributed by atoms with Crippen LogP contribution < -0.4 is 10.6 Å². The maximum Gasteiger partial charge on any atom is 0.220 e. The van der Waals surface area contributed by atoms with Gasteiger partial charge in [-0.1, -0.05) is 116 Å². The molecule has 4 heteroatoms. The Labute approximate surface area is 223 Å². The second-order valence-corrected chi connectivity index (χ2v) is 9.96. The molecular formula is C32H56N2O2. The Morgan fingerprint density at radius 2 is 0.806 bits per heavy atom. The Morgan fingerprint density at radius 3 is 1.17 bits per heavy atom. The van der Waals surface area contributed by atoms with Gasteiger partial charge in [0.2, 0.25) is 11.8 Å². The summed E-state index contributed by atoms with van der Waals surface area (Å²) in [7, 11) is 0. The molecule has 0 aromatic heterocycles. The standard InChI is InChI=1S/C32H56N2O2/c1-3-5-7-9-11-17-21-25-29-33-31(35)27-23-19-15-13-14-16-20-24-28-32(36)34-30-26-22-18-12-10-8-6-4-2/h3-12,17-30H2,1-2H3,(H,33,35)(H,34,36). The maximum absolute atomic E-state index is 11.8. The minimum absolute atomic E-state index is 0.131. The summed E-state index contributed by atoms with van der Waals surface area (Å²) in [6.07, 6.45) is 24.5. The summed E-state index contributed by atoms with van der Waals surface area (Å²) >= 11 is 0. The molecular weight excluding hydrogens is 444 g/mol. The van der Waals surface area contributed by atoms with Crippen molar-refractivity contribution in [2.24, 2.45) is 0 Å². The first-order valence-corrected chi connectivity index (χ1v) is 15.2. The molecule has 0 aromatic rings. The molecule has 0 atom stereocenters. The van der Waals surface area contributed by atoms with E-state index in [0.717, 1.165) is 38.8 Å². The average Bonchev–Trinajstić information content (AvgIpc) is 2.87. The molecule has 0 saturated carbocycles. The van der Waals surface area contributed by atoms with E-state index in [-0.39, 0.29) is 11.8 Å². The fourth-order valence-electron chi connectivity index (χ4n) is 4.04. The predicted octanol–water partition coefficient (Wildman–Crippen LogP) is 7.85. The zero-order valence-electron chi connectivity index (χ0n) is 23.8. The first-order valence-electron chi connectivity index (χ1n) is 15.2. The highest BCUT2D eigenvalue weighted by molar-refractivity contribution is 5.76. The van der Waals surface area contributed by atoms with E-state index >= 15 is 0 Å². The van der Waals surface area contributed by atoms with Gasteiger partial charge in [0.05, 0.1) is 0 Å². The molecule has 0 spiro atoms. The summed E-state index contributed by atoms with van der Waals surface area (Å²) in [5.74, 6) is 12.0. The van der Waals surface area contributed by atoms with Gasteiger partial charge in [-0.2, -0.15) is 0 Å². The smallest absolute Gasteiger partial charge is 0.220 e. The zero-order chi connectivity index (χ0) is 26.4. The maximum atomic E-state index is 11.8. The Morgan fingerprint density at radius 1 is 0.472 bits per heavy atom. The van der Waals surface area contributed by atoms with Crippen LogP contribution in [0.15, 0.2) is 0 Å². The minimum atomic E-state index is 0.131. The minimum Gasteiger partial charge on any atom is -0.356 e. The molecule has 0 bridgehead atoms. The number of carbonyl (C=O) groups is 2. The topological polar surface area (TPSA) is 58.2 Å². The third-order valence-electron chi connectivity index (χ3n) is 6.36. The number of hydrogen-bond acceptors (Lipinski definition) is 2. The van der Waals surface area contributed by atoms with Crippen molar-refractivity contribution in [1.82, 2.24) is 10.6 Å². The molecule has 0 saturated heterocycles. The molecule has 206 valence electrons. The van der Waals surface area contributed by atoms with Crippen molar-refractivity contribution >= 4 is 11.8 Å². The normalized spacial score (nSPS) is 10.2. The summed E-state index contributed by atoms with van der Waals surface area (Å²) < 4.78 is 0. The van der Waals surface area contributed by atoms with E-state index < -0.39 is 0 Å². The van der Waals surface area contributed by atoms with E-state index in [2.05, 4.69) is 48.2 Å². The van der Waals surface area contributed by atoms with Gasteiger partial charge in [-0.25, -0.2) is 0 Å². The largest absolute Gasteiger partial charge is 0.356 e. The molecule has 0 aliphatic carbocycles. The predicted molar refractivity (Wildman–Crippen MR) is 154 cm³/mol. The molecule has 0 aromatic carbocycles. The quantitative estimate of drug-likeness (QED) is 0.105. The molecule has 0 unspecified atom stereocenters. The molecule has 0 heterocycles. The van der Waals surface area contributed by atoms with Gasteiger partial charge in [-0.05, 0) is 37.5 Å². The summed E-state index contributed by atoms with van der Waals surface area (Å²) in [5.41, 5.74) is 0. The third-order valence-corrected chi connectivity index (χ3v) is 6.36. The number of unbranched alkanes of at least 4 members (excludes halogenated alkanes) is 16. The van der Waals surface area contributed by atoms with E-state index in [9.17, 15) is 9.59 Å². The van der Waals surface area contributed by atoms with Crippen LogP contribution in [0.5, 0.6) is 0 Å². The Kier molecular flexibility index (Phi) is 27.7. The molecule has 2 N–H and O–H groups in total. The van der Waals surface area contributed by atoms with Crippen LogP contribution in [0.2, 0.25) is 0 Å². The van der Waals surface area contributed by atoms with Gasteiger partial charge >= 0.3 is 0 Å². The van der Waals surface area contributed by atoms with Crippen LogP contribution in [0.4, 0.5) is 0 Å². The molecule has 0 aliphatic heterocycles. The fraction of sp³-hybridized carbons (Fsp3) is 0.812. The first kappa shape index (κ1) is 34.1. The van der Waals surface area contributed by atoms with Crippen LogP contribution in [0.1, 0.15) is 155 Å². The lowest BCUT2D eigenvalue weighted by molar-refractivity contribution is -0.122. The number of amides is 2. The second kappa shape index (κ2) is 29.3. The van der Waals surface area contributed by atoms with E-state index in [1.54, 1.807) is 0 Å². The van der Waals surface area contributed by atoms with Crippen molar-refractivity contribution in [3.05, 3.63) is 0 Å². The Bertz CT molecular complexity index is 580. The van der Waals surface area contributed by atoms with Gasteiger partial charge in [0.15, 0.2) is 0 Å². The van der Waals surface area contributed by atoms with Crippen LogP contribution in [0, 0.1) is 23.7 Å². The van der Waals surface area contributed by atoms with E-state index in [1.165, 1.54) is 89.9 Å². The van der Waals surface area contributed by atoms with Gasteiger partial charge in [0.25, 0.3) is 0 Å². The molecule has 0 radical (unpaired) electrons. The van der Waals surface area contributed by atoms with Crippen molar-refractivity contribution in [2.75, 3.05) is 13.1 Å². The highest BCUT2D eigenvalue weighted by Gasteiger charge is 2.00. The number of hydrogen-bond donors (Lipinski definition) is 2. The first-order chi connectivity index (χ1) is 17.7. The van der Waals surface area contributed by atoms with E-state index in [4.69, 9.17) is 0 Å². The van der Waals surface area contributed by atoms with Crippen LogP contribution in [0.25, 0.3) is 0 Å². The lowest BCUT2D eigenvalue weighted by Gasteiger charge is -2.04. The number of rotatable bonds is 24. The number of nitrogens with one attached hydrogen (secondary N) is 2. The molecule has 2 amide bonds. The van der Waals surface area contributed by atoms with Crippen molar-refractivity contribution in [3.8, 4) is 23.7 Å². The molecule has 36 heavy (non-hydrogen) atoms. The number of carbonyl (C=O) groups excluding carboxylic acids is 2. The molecule has 4 nitrogen and oxygen atoms in total. The summed E-state index contributed by atoms with van der Waals surface area (Å²) in [4.78, 5) is 23.7. The Hall–Kier alpha value is -1.94. The second-order valence-electron chi connectivity index (χ2n) is 9.96. The molecule has 0 rings (SSSR count). The van der Waals surface area contributed by atoms with Crippen LogP contribution in [-0.2, 0) is 9.59 Å². The average molecular weight is 501 g/mol. The highest BCUT2D eigenvalue weighted by atomic mass is 16.2. The monoisotopic (exact) mass is 500 g/mol. The van der Waals surface area contributed by atoms with Crippen LogP contribution in [-0.4, -0.2) is 24.9 Å². The lowest BCUT2D eigenvalue weighted by Crippen LogP contribution is -2.23. The van der Waals surface area contributed by atoms with Crippen molar-refractivity contribution in [2.45, 2.75) is 155 Å². The highest BCUT2D eigenvalue weighted by Crippen LogP contribution is 2.09. The van der Waals surface area contributed by atoms with Crippen molar-refractivity contribution in [3.63, 3.8) is 0 Å².